The third kappa shape index (κ3) is 5.85. The third-order valence-electron chi connectivity index (χ3n) is 7.20. The van der Waals surface area contributed by atoms with Crippen molar-refractivity contribution in [3.05, 3.63) is 82.5 Å². The topological polar surface area (TPSA) is 110 Å². The molecule has 11 heteroatoms. The van der Waals surface area contributed by atoms with Crippen molar-refractivity contribution in [3.8, 4) is 11.5 Å². The number of rotatable bonds is 9. The van der Waals surface area contributed by atoms with Gasteiger partial charge < -0.3 is 29.5 Å². The van der Waals surface area contributed by atoms with Crippen LogP contribution < -0.4 is 14.8 Å². The third-order valence-corrected chi connectivity index (χ3v) is 7.75. The second-order valence-electron chi connectivity index (χ2n) is 9.59. The lowest BCUT2D eigenvalue weighted by Crippen LogP contribution is -2.48. The number of anilines is 1. The summed E-state index contributed by atoms with van der Waals surface area (Å²) in [5.74, 6) is 2.86. The summed E-state index contributed by atoms with van der Waals surface area (Å²) in [5.41, 5.74) is 2.66. The predicted octanol–water partition coefficient (Wildman–Crippen LogP) is 5.00. The van der Waals surface area contributed by atoms with Crippen molar-refractivity contribution in [1.29, 1.82) is 0 Å². The van der Waals surface area contributed by atoms with E-state index >= 15 is 0 Å². The summed E-state index contributed by atoms with van der Waals surface area (Å²) >= 11 is 3.63. The number of halogens is 1. The fraction of sp³-hybridized carbons (Fsp3) is 0.345. The molecule has 0 radical (unpaired) electrons. The summed E-state index contributed by atoms with van der Waals surface area (Å²) in [6, 6.07) is 14.9. The van der Waals surface area contributed by atoms with Gasteiger partial charge in [0.15, 0.2) is 5.82 Å². The molecule has 0 unspecified atom stereocenters. The molecule has 0 bridgehead atoms. The largest absolute Gasteiger partial charge is 0.497 e. The summed E-state index contributed by atoms with van der Waals surface area (Å²) in [6.45, 7) is 0.927. The summed E-state index contributed by atoms with van der Waals surface area (Å²) in [6.07, 6.45) is 4.57. The molecule has 1 aliphatic heterocycles. The predicted molar refractivity (Wildman–Crippen MR) is 154 cm³/mol. The maximum absolute atomic E-state index is 13.1. The van der Waals surface area contributed by atoms with Gasteiger partial charge in [0, 0.05) is 43.0 Å². The Kier molecular flexibility index (Phi) is 8.71. The highest BCUT2D eigenvalue weighted by Gasteiger charge is 2.35. The number of ether oxygens (including phenoxy) is 3. The number of nitrogens with zero attached hydrogens (tertiary/aromatic N) is 4. The van der Waals surface area contributed by atoms with Crippen molar-refractivity contribution >= 4 is 33.4 Å². The molecule has 4 aromatic rings. The number of amides is 1. The number of fused-ring (bicyclic) bond motifs is 1. The minimum Gasteiger partial charge on any atom is -0.497 e. The highest BCUT2D eigenvalue weighted by molar-refractivity contribution is 9.10. The number of carbonyl (C=O) groups is 1. The summed E-state index contributed by atoms with van der Waals surface area (Å²) in [5, 5.41) is 13.4. The van der Waals surface area contributed by atoms with E-state index in [1.54, 1.807) is 25.3 Å². The zero-order valence-electron chi connectivity index (χ0n) is 22.4. The van der Waals surface area contributed by atoms with Crippen LogP contribution >= 0.6 is 15.9 Å². The molecule has 5 rings (SSSR count). The molecule has 1 aliphatic rings. The molecule has 40 heavy (non-hydrogen) atoms. The Balaban J connectivity index is 1.35. The zero-order chi connectivity index (χ0) is 28.1. The van der Waals surface area contributed by atoms with E-state index < -0.39 is 6.09 Å². The van der Waals surface area contributed by atoms with Gasteiger partial charge in [0.1, 0.15) is 34.1 Å². The molecular formula is C29H32BrN5O5. The number of piperidine rings is 1. The van der Waals surface area contributed by atoms with E-state index in [0.29, 0.717) is 35.7 Å². The van der Waals surface area contributed by atoms with Gasteiger partial charge in [-0.15, -0.1) is 0 Å². The van der Waals surface area contributed by atoms with Crippen LogP contribution in [0.1, 0.15) is 35.7 Å². The lowest BCUT2D eigenvalue weighted by molar-refractivity contribution is 0.0440. The number of aromatic nitrogens is 3. The van der Waals surface area contributed by atoms with E-state index in [4.69, 9.17) is 19.2 Å². The number of benzene rings is 2. The first-order valence-electron chi connectivity index (χ1n) is 13.1. The number of likely N-dealkylation sites (tertiary alicyclic amines) is 1. The van der Waals surface area contributed by atoms with Crippen molar-refractivity contribution in [2.75, 3.05) is 32.7 Å². The first-order chi connectivity index (χ1) is 19.5. The second kappa shape index (κ2) is 12.6. The van der Waals surface area contributed by atoms with Gasteiger partial charge in [-0.25, -0.2) is 14.8 Å². The second-order valence-corrected chi connectivity index (χ2v) is 10.3. The Hall–Kier alpha value is -3.83. The van der Waals surface area contributed by atoms with Crippen LogP contribution in [-0.2, 0) is 17.9 Å². The summed E-state index contributed by atoms with van der Waals surface area (Å²) in [7, 11) is 3.25. The van der Waals surface area contributed by atoms with E-state index in [0.717, 1.165) is 34.6 Å². The molecule has 3 heterocycles. The van der Waals surface area contributed by atoms with E-state index in [2.05, 4.69) is 26.2 Å². The van der Waals surface area contributed by atoms with E-state index in [9.17, 15) is 9.90 Å². The molecule has 210 valence electrons. The van der Waals surface area contributed by atoms with Gasteiger partial charge in [-0.1, -0.05) is 30.3 Å². The Morgan fingerprint density at radius 1 is 1.15 bits per heavy atom. The number of methoxy groups -OCH3 is 2. The molecule has 2 atom stereocenters. The Labute approximate surface area is 241 Å². The van der Waals surface area contributed by atoms with Crippen molar-refractivity contribution in [3.63, 3.8) is 0 Å². The molecule has 2 N–H and O–H groups in total. The van der Waals surface area contributed by atoms with Crippen LogP contribution in [0.2, 0.25) is 0 Å². The number of nitrogens with one attached hydrogen (secondary N) is 1. The summed E-state index contributed by atoms with van der Waals surface area (Å²) in [4.78, 5) is 24.1. The number of hydrogen-bond acceptors (Lipinski definition) is 8. The number of aliphatic hydroxyl groups is 1. The van der Waals surface area contributed by atoms with Crippen LogP contribution in [0.15, 0.2) is 65.5 Å². The highest BCUT2D eigenvalue weighted by Crippen LogP contribution is 2.35. The lowest BCUT2D eigenvalue weighted by Gasteiger charge is -2.37. The monoisotopic (exact) mass is 609 g/mol. The van der Waals surface area contributed by atoms with Gasteiger partial charge >= 0.3 is 6.09 Å². The normalized spacial score (nSPS) is 17.1. The van der Waals surface area contributed by atoms with Crippen LogP contribution in [0.4, 0.5) is 10.6 Å². The molecule has 1 amide bonds. The van der Waals surface area contributed by atoms with E-state index in [1.165, 1.54) is 0 Å². The van der Waals surface area contributed by atoms with Crippen LogP contribution in [0.25, 0.3) is 5.52 Å². The average Bonchev–Trinajstić information content (AvgIpc) is 3.35. The molecule has 2 aromatic heterocycles. The average molecular weight is 611 g/mol. The van der Waals surface area contributed by atoms with Gasteiger partial charge in [0.05, 0.1) is 26.9 Å². The van der Waals surface area contributed by atoms with Crippen molar-refractivity contribution in [2.45, 2.75) is 38.0 Å². The maximum atomic E-state index is 13.1. The van der Waals surface area contributed by atoms with Crippen LogP contribution in [0, 0.1) is 0 Å². The molecule has 10 nitrogen and oxygen atoms in total. The molecule has 1 saturated heterocycles. The maximum Gasteiger partial charge on any atom is 0.410 e. The molecule has 2 aromatic carbocycles. The van der Waals surface area contributed by atoms with Crippen LogP contribution in [0.3, 0.4) is 0 Å². The van der Waals surface area contributed by atoms with Crippen LogP contribution in [-0.4, -0.2) is 63.9 Å². The first kappa shape index (κ1) is 27.7. The number of imidazole rings is 1. The fourth-order valence-corrected chi connectivity index (χ4v) is 5.63. The minimum atomic E-state index is -0.440. The lowest BCUT2D eigenvalue weighted by atomic mass is 9.92. The van der Waals surface area contributed by atoms with Crippen LogP contribution in [0.5, 0.6) is 11.5 Å². The minimum absolute atomic E-state index is 0.0530. The number of carbonyl (C=O) groups excluding carboxylic acids is 1. The Morgan fingerprint density at radius 3 is 2.73 bits per heavy atom. The highest BCUT2D eigenvalue weighted by atomic mass is 79.9. The molecular weight excluding hydrogens is 578 g/mol. The van der Waals surface area contributed by atoms with Gasteiger partial charge in [-0.05, 0) is 46.5 Å². The standard InChI is InChI=1S/C29H32BrN5O5/c1-38-23-11-9-20(24(14-23)39-2)15-32-27-25-26(30)33-28(34(25)13-12-31-27)21-8-10-22(17-36)35(16-21)29(37)40-18-19-6-4-3-5-7-19/h3-7,9,11-14,21-22,36H,8,10,15-18H2,1-2H3,(H,31,32)/t21-,22+/m1/s1. The zero-order valence-corrected chi connectivity index (χ0v) is 24.0. The first-order valence-corrected chi connectivity index (χ1v) is 13.9. The van der Waals surface area contributed by atoms with Gasteiger partial charge in [-0.3, -0.25) is 4.40 Å². The fourth-order valence-electron chi connectivity index (χ4n) is 5.07. The van der Waals surface area contributed by atoms with Gasteiger partial charge in [0.2, 0.25) is 0 Å². The number of hydrogen-bond donors (Lipinski definition) is 2. The van der Waals surface area contributed by atoms with Gasteiger partial charge in [0.25, 0.3) is 0 Å². The molecule has 1 fully saturated rings. The van der Waals surface area contributed by atoms with Crippen molar-refractivity contribution in [2.24, 2.45) is 0 Å². The van der Waals surface area contributed by atoms with E-state index in [-0.39, 0.29) is 25.2 Å². The Bertz CT molecular complexity index is 1460. The molecule has 0 aliphatic carbocycles. The van der Waals surface area contributed by atoms with Crippen molar-refractivity contribution < 1.29 is 24.1 Å². The molecule has 0 spiro atoms. The number of aliphatic hydroxyl groups excluding tert-OH is 1. The summed E-state index contributed by atoms with van der Waals surface area (Å²) < 4.78 is 19.1. The smallest absolute Gasteiger partial charge is 0.410 e. The quantitative estimate of drug-likeness (QED) is 0.273. The SMILES string of the molecule is COc1ccc(CNc2nccn3c([C@@H]4CC[C@@H](CO)N(C(=O)OCc5ccccc5)C4)nc(Br)c23)c(OC)c1. The van der Waals surface area contributed by atoms with E-state index in [1.807, 2.05) is 59.1 Å². The van der Waals surface area contributed by atoms with Gasteiger partial charge in [-0.2, -0.15) is 0 Å². The Morgan fingerprint density at radius 2 is 1.98 bits per heavy atom. The van der Waals surface area contributed by atoms with Crippen molar-refractivity contribution in [1.82, 2.24) is 19.3 Å². The molecule has 0 saturated carbocycles.